The van der Waals surface area contributed by atoms with Gasteiger partial charge in [0, 0.05) is 30.2 Å². The van der Waals surface area contributed by atoms with Crippen molar-refractivity contribution in [1.82, 2.24) is 9.55 Å². The van der Waals surface area contributed by atoms with Gasteiger partial charge in [-0.15, -0.1) is 11.3 Å². The van der Waals surface area contributed by atoms with Crippen molar-refractivity contribution in [1.29, 1.82) is 0 Å². The van der Waals surface area contributed by atoms with Crippen molar-refractivity contribution >= 4 is 22.9 Å². The predicted molar refractivity (Wildman–Crippen MR) is 65.9 cm³/mol. The molecule has 0 aromatic carbocycles. The number of aryl methyl sites for hydroxylation is 1. The van der Waals surface area contributed by atoms with Gasteiger partial charge >= 0.3 is 0 Å². The highest BCUT2D eigenvalue weighted by molar-refractivity contribution is 7.16. The first-order valence-corrected chi connectivity index (χ1v) is 6.33. The van der Waals surface area contributed by atoms with E-state index in [1.54, 1.807) is 12.3 Å². The van der Waals surface area contributed by atoms with Gasteiger partial charge in [-0.3, -0.25) is 0 Å². The molecule has 0 aliphatic rings. The quantitative estimate of drug-likeness (QED) is 0.914. The molecule has 2 rings (SSSR count). The molecule has 1 N–H and O–H groups in total. The normalized spacial score (nSPS) is 12.9. The molecule has 0 aliphatic heterocycles. The number of thiophene rings is 1. The Morgan fingerprint density at radius 1 is 1.56 bits per heavy atom. The van der Waals surface area contributed by atoms with E-state index in [9.17, 15) is 5.11 Å². The lowest BCUT2D eigenvalue weighted by molar-refractivity contribution is 0.178. The predicted octanol–water partition coefficient (Wildman–Crippen LogP) is 2.89. The molecule has 86 valence electrons. The third-order valence-electron chi connectivity index (χ3n) is 2.44. The second-order valence-corrected chi connectivity index (χ2v) is 5.24. The summed E-state index contributed by atoms with van der Waals surface area (Å²) in [7, 11) is 0. The number of hydrogen-bond donors (Lipinski definition) is 1. The van der Waals surface area contributed by atoms with E-state index in [-0.39, 0.29) is 0 Å². The van der Waals surface area contributed by atoms with Gasteiger partial charge in [0.1, 0.15) is 5.82 Å². The van der Waals surface area contributed by atoms with Crippen LogP contribution in [0.15, 0.2) is 24.5 Å². The summed E-state index contributed by atoms with van der Waals surface area (Å²) in [4.78, 5) is 5.12. The Kier molecular flexibility index (Phi) is 3.63. The van der Waals surface area contributed by atoms with E-state index in [2.05, 4.69) is 11.9 Å². The van der Waals surface area contributed by atoms with Gasteiger partial charge in [0.15, 0.2) is 0 Å². The van der Waals surface area contributed by atoms with Crippen LogP contribution in [0.4, 0.5) is 0 Å². The van der Waals surface area contributed by atoms with E-state index in [4.69, 9.17) is 11.6 Å². The van der Waals surface area contributed by atoms with Crippen LogP contribution < -0.4 is 0 Å². The van der Waals surface area contributed by atoms with E-state index in [0.717, 1.165) is 17.2 Å². The Morgan fingerprint density at radius 3 is 3.00 bits per heavy atom. The van der Waals surface area contributed by atoms with Crippen molar-refractivity contribution in [3.8, 4) is 0 Å². The van der Waals surface area contributed by atoms with E-state index in [1.165, 1.54) is 11.3 Å². The summed E-state index contributed by atoms with van der Waals surface area (Å²) < 4.78 is 2.73. The highest BCUT2D eigenvalue weighted by atomic mass is 35.5. The van der Waals surface area contributed by atoms with Gasteiger partial charge in [0.25, 0.3) is 0 Å². The number of aromatic nitrogens is 2. The van der Waals surface area contributed by atoms with Gasteiger partial charge in [0.05, 0.1) is 10.4 Å². The average Bonchev–Trinajstić information content (AvgIpc) is 2.86. The lowest BCUT2D eigenvalue weighted by Gasteiger charge is -2.09. The fraction of sp³-hybridized carbons (Fsp3) is 0.364. The zero-order chi connectivity index (χ0) is 11.5. The van der Waals surface area contributed by atoms with Crippen molar-refractivity contribution in [2.24, 2.45) is 0 Å². The fourth-order valence-electron chi connectivity index (χ4n) is 1.60. The molecule has 0 saturated heterocycles. The van der Waals surface area contributed by atoms with Crippen molar-refractivity contribution in [2.75, 3.05) is 0 Å². The van der Waals surface area contributed by atoms with Crippen LogP contribution in [0.1, 0.15) is 23.7 Å². The number of hydrogen-bond acceptors (Lipinski definition) is 3. The van der Waals surface area contributed by atoms with Gasteiger partial charge in [-0.1, -0.05) is 11.6 Å². The summed E-state index contributed by atoms with van der Waals surface area (Å²) in [5, 5.41) is 10.0. The fourth-order valence-corrected chi connectivity index (χ4v) is 2.65. The highest BCUT2D eigenvalue weighted by Gasteiger charge is 2.13. The molecule has 0 aliphatic carbocycles. The van der Waals surface area contributed by atoms with Crippen molar-refractivity contribution < 1.29 is 5.11 Å². The molecule has 1 unspecified atom stereocenters. The zero-order valence-corrected chi connectivity index (χ0v) is 10.5. The lowest BCUT2D eigenvalue weighted by atomic mass is 10.2. The highest BCUT2D eigenvalue weighted by Crippen LogP contribution is 2.28. The number of nitrogens with zero attached hydrogens (tertiary/aromatic N) is 2. The SMILES string of the molecule is CCn1ccnc1CC(O)c1ccc(Cl)s1. The summed E-state index contributed by atoms with van der Waals surface area (Å²) in [6.07, 6.45) is 3.68. The van der Waals surface area contributed by atoms with E-state index < -0.39 is 6.10 Å². The Hall–Kier alpha value is -0.840. The molecule has 0 spiro atoms. The Labute approximate surface area is 103 Å². The lowest BCUT2D eigenvalue weighted by Crippen LogP contribution is -2.07. The van der Waals surface area contributed by atoms with E-state index in [1.807, 2.05) is 16.8 Å². The van der Waals surface area contributed by atoms with Crippen molar-refractivity contribution in [2.45, 2.75) is 26.0 Å². The number of aliphatic hydroxyl groups excluding tert-OH is 1. The van der Waals surface area contributed by atoms with Crippen molar-refractivity contribution in [3.05, 3.63) is 39.6 Å². The van der Waals surface area contributed by atoms with Gasteiger partial charge in [0.2, 0.25) is 0 Å². The summed E-state index contributed by atoms with van der Waals surface area (Å²) in [5.41, 5.74) is 0. The van der Waals surface area contributed by atoms with E-state index >= 15 is 0 Å². The second-order valence-electron chi connectivity index (χ2n) is 3.49. The molecule has 2 heterocycles. The summed E-state index contributed by atoms with van der Waals surface area (Å²) in [5.74, 6) is 0.902. The van der Waals surface area contributed by atoms with Gasteiger partial charge in [-0.05, 0) is 19.1 Å². The molecular weight excluding hydrogens is 244 g/mol. The largest absolute Gasteiger partial charge is 0.387 e. The summed E-state index contributed by atoms with van der Waals surface area (Å²) >= 11 is 7.24. The minimum atomic E-state index is -0.523. The molecular formula is C11H13ClN2OS. The Morgan fingerprint density at radius 2 is 2.38 bits per heavy atom. The van der Waals surface area contributed by atoms with Gasteiger partial charge in [-0.25, -0.2) is 4.98 Å². The molecule has 1 atom stereocenters. The smallest absolute Gasteiger partial charge is 0.111 e. The molecule has 0 amide bonds. The number of imidazole rings is 1. The monoisotopic (exact) mass is 256 g/mol. The third kappa shape index (κ3) is 2.45. The maximum atomic E-state index is 10.0. The number of rotatable bonds is 4. The van der Waals surface area contributed by atoms with Crippen LogP contribution in [0.25, 0.3) is 0 Å². The molecule has 2 aromatic rings. The van der Waals surface area contributed by atoms with Crippen LogP contribution in [0, 0.1) is 0 Å². The Balaban J connectivity index is 2.10. The molecule has 16 heavy (non-hydrogen) atoms. The molecule has 0 bridgehead atoms. The molecule has 0 radical (unpaired) electrons. The Bertz CT molecular complexity index is 466. The van der Waals surface area contributed by atoms with Crippen LogP contribution in [0.2, 0.25) is 4.34 Å². The zero-order valence-electron chi connectivity index (χ0n) is 8.93. The first-order chi connectivity index (χ1) is 7.70. The topological polar surface area (TPSA) is 38.0 Å². The molecule has 3 nitrogen and oxygen atoms in total. The first-order valence-electron chi connectivity index (χ1n) is 5.14. The first kappa shape index (κ1) is 11.6. The molecule has 5 heteroatoms. The number of halogens is 1. The maximum Gasteiger partial charge on any atom is 0.111 e. The van der Waals surface area contributed by atoms with Crippen LogP contribution in [0.3, 0.4) is 0 Å². The molecule has 0 saturated carbocycles. The van der Waals surface area contributed by atoms with E-state index in [0.29, 0.717) is 10.8 Å². The van der Waals surface area contributed by atoms with Gasteiger partial charge < -0.3 is 9.67 Å². The van der Waals surface area contributed by atoms with Crippen molar-refractivity contribution in [3.63, 3.8) is 0 Å². The standard InChI is InChI=1S/C11H13ClN2OS/c1-2-14-6-5-13-11(14)7-8(15)9-3-4-10(12)16-9/h3-6,8,15H,2,7H2,1H3. The third-order valence-corrected chi connectivity index (χ3v) is 3.77. The summed E-state index contributed by atoms with van der Waals surface area (Å²) in [6.45, 7) is 2.92. The minimum absolute atomic E-state index is 0.523. The van der Waals surface area contributed by atoms with Gasteiger partial charge in [-0.2, -0.15) is 0 Å². The molecule has 0 fully saturated rings. The summed E-state index contributed by atoms with van der Waals surface area (Å²) in [6, 6.07) is 3.66. The minimum Gasteiger partial charge on any atom is -0.387 e. The van der Waals surface area contributed by atoms with Crippen LogP contribution in [0.5, 0.6) is 0 Å². The maximum absolute atomic E-state index is 10.0. The second kappa shape index (κ2) is 4.99. The number of aliphatic hydroxyl groups is 1. The van der Waals surface area contributed by atoms with Crippen LogP contribution >= 0.6 is 22.9 Å². The van der Waals surface area contributed by atoms with Crippen LogP contribution in [-0.4, -0.2) is 14.7 Å². The average molecular weight is 257 g/mol. The molecule has 2 aromatic heterocycles. The van der Waals surface area contributed by atoms with Crippen LogP contribution in [-0.2, 0) is 13.0 Å².